The van der Waals surface area contributed by atoms with Crippen molar-refractivity contribution < 1.29 is 0 Å². The summed E-state index contributed by atoms with van der Waals surface area (Å²) in [6, 6.07) is 17.2. The van der Waals surface area contributed by atoms with Gasteiger partial charge < -0.3 is 4.57 Å². The zero-order chi connectivity index (χ0) is 18.4. The lowest BCUT2D eigenvalue weighted by molar-refractivity contribution is 0.194. The monoisotopic (exact) mass is 356 g/mol. The summed E-state index contributed by atoms with van der Waals surface area (Å²) in [5.41, 5.74) is 5.34. The first-order valence-corrected chi connectivity index (χ1v) is 9.97. The molecular weight excluding hydrogens is 332 g/mol. The van der Waals surface area contributed by atoms with Gasteiger partial charge in [-0.1, -0.05) is 18.2 Å². The van der Waals surface area contributed by atoms with Gasteiger partial charge in [-0.2, -0.15) is 5.26 Å². The van der Waals surface area contributed by atoms with Gasteiger partial charge in [0.15, 0.2) is 0 Å². The predicted molar refractivity (Wildman–Crippen MR) is 107 cm³/mol. The van der Waals surface area contributed by atoms with Gasteiger partial charge >= 0.3 is 0 Å². The van der Waals surface area contributed by atoms with E-state index >= 15 is 0 Å². The largest absolute Gasteiger partial charge is 0.327 e. The molecule has 3 aromatic rings. The molecular formula is C23H24N4. The smallest absolute Gasteiger partial charge is 0.111 e. The van der Waals surface area contributed by atoms with Gasteiger partial charge in [0.05, 0.1) is 22.7 Å². The number of benzene rings is 2. The number of rotatable bonds is 3. The SMILES string of the molecule is CC(C1CC1)N1CCc2nc3ccc(-c4ccc(C#N)cc4)cc3n2CC1. The summed E-state index contributed by atoms with van der Waals surface area (Å²) >= 11 is 0. The van der Waals surface area contributed by atoms with Crippen LogP contribution in [0.3, 0.4) is 0 Å². The Bertz CT molecular complexity index is 1020. The predicted octanol–water partition coefficient (Wildman–Crippen LogP) is 4.23. The van der Waals surface area contributed by atoms with Crippen LogP contribution < -0.4 is 0 Å². The van der Waals surface area contributed by atoms with Gasteiger partial charge in [0.25, 0.3) is 0 Å². The van der Waals surface area contributed by atoms with Crippen LogP contribution in [0.1, 0.15) is 31.2 Å². The van der Waals surface area contributed by atoms with E-state index in [0.717, 1.165) is 43.1 Å². The molecule has 5 rings (SSSR count). The minimum atomic E-state index is 0.697. The summed E-state index contributed by atoms with van der Waals surface area (Å²) in [4.78, 5) is 7.58. The summed E-state index contributed by atoms with van der Waals surface area (Å²) in [5.74, 6) is 2.13. The second-order valence-corrected chi connectivity index (χ2v) is 7.94. The topological polar surface area (TPSA) is 44.9 Å². The van der Waals surface area contributed by atoms with E-state index in [9.17, 15) is 0 Å². The van der Waals surface area contributed by atoms with Gasteiger partial charge in [-0.25, -0.2) is 4.98 Å². The molecule has 1 aliphatic carbocycles. The van der Waals surface area contributed by atoms with Gasteiger partial charge in [-0.15, -0.1) is 0 Å². The van der Waals surface area contributed by atoms with Crippen molar-refractivity contribution in [1.82, 2.24) is 14.5 Å². The third-order valence-electron chi connectivity index (χ3n) is 6.29. The summed E-state index contributed by atoms with van der Waals surface area (Å²) in [6.07, 6.45) is 3.83. The lowest BCUT2D eigenvalue weighted by Gasteiger charge is -2.27. The average Bonchev–Trinajstić information content (AvgIpc) is 3.52. The van der Waals surface area contributed by atoms with E-state index in [4.69, 9.17) is 10.2 Å². The summed E-state index contributed by atoms with van der Waals surface area (Å²) in [5, 5.41) is 9.00. The molecule has 0 saturated heterocycles. The van der Waals surface area contributed by atoms with Crippen LogP contribution in [-0.4, -0.2) is 33.6 Å². The second-order valence-electron chi connectivity index (χ2n) is 7.94. The highest BCUT2D eigenvalue weighted by atomic mass is 15.2. The lowest BCUT2D eigenvalue weighted by atomic mass is 10.0. The Morgan fingerprint density at radius 3 is 2.56 bits per heavy atom. The Morgan fingerprint density at radius 2 is 1.81 bits per heavy atom. The quantitative estimate of drug-likeness (QED) is 0.705. The minimum absolute atomic E-state index is 0.697. The van der Waals surface area contributed by atoms with E-state index in [1.165, 1.54) is 29.7 Å². The Hall–Kier alpha value is -2.64. The maximum atomic E-state index is 9.00. The van der Waals surface area contributed by atoms with Crippen molar-refractivity contribution in [2.24, 2.45) is 5.92 Å². The van der Waals surface area contributed by atoms with Crippen LogP contribution in [0.5, 0.6) is 0 Å². The van der Waals surface area contributed by atoms with E-state index < -0.39 is 0 Å². The Balaban J connectivity index is 1.46. The van der Waals surface area contributed by atoms with E-state index in [2.05, 4.69) is 40.7 Å². The molecule has 0 N–H and O–H groups in total. The summed E-state index contributed by atoms with van der Waals surface area (Å²) < 4.78 is 2.42. The van der Waals surface area contributed by atoms with Gasteiger partial charge in [-0.3, -0.25) is 4.90 Å². The molecule has 4 heteroatoms. The van der Waals surface area contributed by atoms with E-state index in [-0.39, 0.29) is 0 Å². The number of hydrogen-bond donors (Lipinski definition) is 0. The number of nitriles is 1. The van der Waals surface area contributed by atoms with Crippen LogP contribution in [-0.2, 0) is 13.0 Å². The van der Waals surface area contributed by atoms with Crippen LogP contribution >= 0.6 is 0 Å². The van der Waals surface area contributed by atoms with Crippen molar-refractivity contribution in [2.75, 3.05) is 13.1 Å². The van der Waals surface area contributed by atoms with Crippen LogP contribution in [0.4, 0.5) is 0 Å². The molecule has 1 aromatic heterocycles. The van der Waals surface area contributed by atoms with Gasteiger partial charge in [0.1, 0.15) is 5.82 Å². The van der Waals surface area contributed by atoms with Crippen molar-refractivity contribution in [1.29, 1.82) is 5.26 Å². The highest BCUT2D eigenvalue weighted by Crippen LogP contribution is 2.35. The minimum Gasteiger partial charge on any atom is -0.327 e. The molecule has 1 aliphatic heterocycles. The third-order valence-corrected chi connectivity index (χ3v) is 6.29. The van der Waals surface area contributed by atoms with Gasteiger partial charge in [0.2, 0.25) is 0 Å². The van der Waals surface area contributed by atoms with Crippen molar-refractivity contribution >= 4 is 11.0 Å². The summed E-state index contributed by atoms with van der Waals surface area (Å²) in [6.45, 7) is 5.63. The zero-order valence-corrected chi connectivity index (χ0v) is 15.7. The number of fused-ring (bicyclic) bond motifs is 3. The molecule has 0 spiro atoms. The van der Waals surface area contributed by atoms with E-state index in [1.807, 2.05) is 24.3 Å². The Kier molecular flexibility index (Phi) is 3.98. The molecule has 0 radical (unpaired) electrons. The average molecular weight is 356 g/mol. The molecule has 1 fully saturated rings. The first-order valence-electron chi connectivity index (χ1n) is 9.97. The molecule has 2 aromatic carbocycles. The van der Waals surface area contributed by atoms with Crippen LogP contribution in [0.25, 0.3) is 22.2 Å². The fraction of sp³-hybridized carbons (Fsp3) is 0.391. The molecule has 136 valence electrons. The van der Waals surface area contributed by atoms with Crippen molar-refractivity contribution in [3.63, 3.8) is 0 Å². The second kappa shape index (κ2) is 6.51. The Morgan fingerprint density at radius 1 is 1.04 bits per heavy atom. The first kappa shape index (κ1) is 16.5. The normalized spacial score (nSPS) is 18.7. The molecule has 4 nitrogen and oxygen atoms in total. The molecule has 0 bridgehead atoms. The molecule has 27 heavy (non-hydrogen) atoms. The lowest BCUT2D eigenvalue weighted by Crippen LogP contribution is -2.36. The number of aromatic nitrogens is 2. The van der Waals surface area contributed by atoms with E-state index in [1.54, 1.807) is 0 Å². The molecule has 1 unspecified atom stereocenters. The molecule has 1 atom stereocenters. The van der Waals surface area contributed by atoms with Crippen molar-refractivity contribution in [2.45, 2.75) is 38.8 Å². The van der Waals surface area contributed by atoms with Gasteiger partial charge in [-0.05, 0) is 61.1 Å². The van der Waals surface area contributed by atoms with Crippen LogP contribution in [0.2, 0.25) is 0 Å². The first-order chi connectivity index (χ1) is 13.2. The van der Waals surface area contributed by atoms with Crippen molar-refractivity contribution in [3.05, 3.63) is 53.9 Å². The fourth-order valence-corrected chi connectivity index (χ4v) is 4.40. The third kappa shape index (κ3) is 3.02. The number of hydrogen-bond acceptors (Lipinski definition) is 3. The molecule has 2 heterocycles. The molecule has 2 aliphatic rings. The molecule has 1 saturated carbocycles. The van der Waals surface area contributed by atoms with Crippen molar-refractivity contribution in [3.8, 4) is 17.2 Å². The maximum Gasteiger partial charge on any atom is 0.111 e. The fourth-order valence-electron chi connectivity index (χ4n) is 4.40. The zero-order valence-electron chi connectivity index (χ0n) is 15.7. The Labute approximate surface area is 160 Å². The van der Waals surface area contributed by atoms with Crippen LogP contribution in [0, 0.1) is 17.2 Å². The summed E-state index contributed by atoms with van der Waals surface area (Å²) in [7, 11) is 0. The molecule has 0 amide bonds. The standard InChI is InChI=1S/C23H24N4/c1-16(18-6-7-18)26-11-10-23-25-21-9-8-20(14-22(21)27(23)13-12-26)19-4-2-17(15-24)3-5-19/h2-5,8-9,14,16,18H,6-7,10-13H2,1H3. The van der Waals surface area contributed by atoms with Gasteiger partial charge in [0, 0.05) is 32.1 Å². The van der Waals surface area contributed by atoms with Crippen LogP contribution in [0.15, 0.2) is 42.5 Å². The number of nitrogens with zero attached hydrogens (tertiary/aromatic N) is 4. The van der Waals surface area contributed by atoms with E-state index in [0.29, 0.717) is 11.6 Å². The maximum absolute atomic E-state index is 9.00. The highest BCUT2D eigenvalue weighted by Gasteiger charge is 2.32. The number of imidazole rings is 1. The highest BCUT2D eigenvalue weighted by molar-refractivity contribution is 5.83.